The van der Waals surface area contributed by atoms with Crippen LogP contribution in [0.3, 0.4) is 0 Å². The summed E-state index contributed by atoms with van der Waals surface area (Å²) in [7, 11) is 0. The molecule has 19 heavy (non-hydrogen) atoms. The van der Waals surface area contributed by atoms with Crippen LogP contribution in [0.4, 0.5) is 0 Å². The van der Waals surface area contributed by atoms with Gasteiger partial charge in [-0.3, -0.25) is 0 Å². The molecule has 1 heterocycles. The third-order valence-corrected chi connectivity index (χ3v) is 4.23. The van der Waals surface area contributed by atoms with Gasteiger partial charge in [0.1, 0.15) is 10.4 Å². The van der Waals surface area contributed by atoms with Crippen LogP contribution in [0, 0.1) is 0 Å². The van der Waals surface area contributed by atoms with Crippen molar-refractivity contribution in [3.05, 3.63) is 29.6 Å². The van der Waals surface area contributed by atoms with Crippen LogP contribution in [0.25, 0.3) is 0 Å². The van der Waals surface area contributed by atoms with Gasteiger partial charge in [0, 0.05) is 17.6 Å². The fraction of sp³-hybridized carbons (Fsp3) is 0.538. The minimum absolute atomic E-state index is 0.000656. The molecule has 2 N–H and O–H groups in total. The van der Waals surface area contributed by atoms with Crippen molar-refractivity contribution >= 4 is 17.3 Å². The average Bonchev–Trinajstić information content (AvgIpc) is 2.34. The van der Waals surface area contributed by atoms with Gasteiger partial charge in [0.2, 0.25) is 0 Å². The largest absolute Gasteiger partial charge is 0.598 e. The van der Waals surface area contributed by atoms with Gasteiger partial charge in [-0.05, 0) is 44.9 Å². The molecule has 0 aromatic carbocycles. The van der Waals surface area contributed by atoms with Crippen molar-refractivity contribution in [1.82, 2.24) is 9.71 Å². The molecule has 0 fully saturated rings. The van der Waals surface area contributed by atoms with Crippen LogP contribution in [0.5, 0.6) is 0 Å². The van der Waals surface area contributed by atoms with Gasteiger partial charge >= 0.3 is 5.97 Å². The smallest absolute Gasteiger partial charge is 0.354 e. The molecule has 1 unspecified atom stereocenters. The van der Waals surface area contributed by atoms with Crippen molar-refractivity contribution in [2.24, 2.45) is 0 Å². The van der Waals surface area contributed by atoms with E-state index in [2.05, 4.69) is 9.71 Å². The van der Waals surface area contributed by atoms with Crippen molar-refractivity contribution in [3.63, 3.8) is 0 Å². The predicted octanol–water partition coefficient (Wildman–Crippen LogP) is 2.28. The van der Waals surface area contributed by atoms with E-state index in [4.69, 9.17) is 5.11 Å². The molecule has 0 aliphatic rings. The maximum Gasteiger partial charge on any atom is 0.354 e. The van der Waals surface area contributed by atoms with E-state index in [0.717, 1.165) is 5.56 Å². The normalized spacial score (nSPS) is 15.0. The number of hydrogen-bond acceptors (Lipinski definition) is 4. The zero-order chi connectivity index (χ0) is 14.6. The second kappa shape index (κ2) is 6.36. The number of nitrogens with zero attached hydrogens (tertiary/aromatic N) is 1. The second-order valence-electron chi connectivity index (χ2n) is 5.24. The number of carboxylic acid groups (broad SMARTS) is 1. The molecule has 0 radical (unpaired) electrons. The molecular weight excluding hydrogens is 264 g/mol. The summed E-state index contributed by atoms with van der Waals surface area (Å²) in [6.45, 7) is 7.62. The Hall–Kier alpha value is -1.11. The van der Waals surface area contributed by atoms with E-state index >= 15 is 0 Å². The summed E-state index contributed by atoms with van der Waals surface area (Å²) >= 11 is -1.20. The summed E-state index contributed by atoms with van der Waals surface area (Å²) in [6, 6.07) is 3.11. The van der Waals surface area contributed by atoms with E-state index in [-0.39, 0.29) is 16.5 Å². The van der Waals surface area contributed by atoms with Crippen LogP contribution in [0.15, 0.2) is 18.3 Å². The van der Waals surface area contributed by atoms with Crippen molar-refractivity contribution in [1.29, 1.82) is 0 Å². The number of pyridine rings is 1. The van der Waals surface area contributed by atoms with Crippen LogP contribution < -0.4 is 4.72 Å². The summed E-state index contributed by atoms with van der Waals surface area (Å²) in [5.74, 6) is -1.06. The van der Waals surface area contributed by atoms with Gasteiger partial charge < -0.3 is 9.66 Å². The van der Waals surface area contributed by atoms with Crippen LogP contribution >= 0.6 is 0 Å². The van der Waals surface area contributed by atoms with Gasteiger partial charge in [-0.25, -0.2) is 9.78 Å². The molecule has 1 aromatic rings. The highest BCUT2D eigenvalue weighted by Gasteiger charge is 2.29. The summed E-state index contributed by atoms with van der Waals surface area (Å²) < 4.78 is 14.8. The molecule has 0 aliphatic heterocycles. The summed E-state index contributed by atoms with van der Waals surface area (Å²) in [5, 5.41) is 8.93. The third-order valence-electron chi connectivity index (χ3n) is 2.62. The highest BCUT2D eigenvalue weighted by molar-refractivity contribution is 7.90. The highest BCUT2D eigenvalue weighted by Crippen LogP contribution is 2.22. The lowest BCUT2D eigenvalue weighted by Crippen LogP contribution is -2.41. The Labute approximate surface area is 116 Å². The topological polar surface area (TPSA) is 85.3 Å². The quantitative estimate of drug-likeness (QED) is 0.810. The lowest BCUT2D eigenvalue weighted by Gasteiger charge is -2.27. The Balaban J connectivity index is 2.91. The van der Waals surface area contributed by atoms with Crippen molar-refractivity contribution in [2.45, 2.75) is 44.9 Å². The Morgan fingerprint density at radius 2 is 2.21 bits per heavy atom. The molecule has 0 amide bonds. The number of aromatic carboxylic acids is 1. The molecular formula is C13H20N2O3S. The number of carbonyl (C=O) groups is 1. The van der Waals surface area contributed by atoms with Crippen molar-refractivity contribution in [3.8, 4) is 0 Å². The fourth-order valence-electron chi connectivity index (χ4n) is 1.47. The van der Waals surface area contributed by atoms with Crippen LogP contribution in [-0.4, -0.2) is 25.4 Å². The van der Waals surface area contributed by atoms with Gasteiger partial charge in [-0.15, -0.1) is 4.72 Å². The summed E-state index contributed by atoms with van der Waals surface area (Å²) in [4.78, 5) is 14.7. The first-order valence-electron chi connectivity index (χ1n) is 6.13. The van der Waals surface area contributed by atoms with Crippen LogP contribution in [0.2, 0.25) is 0 Å². The molecule has 1 rings (SSSR count). The second-order valence-corrected chi connectivity index (χ2v) is 7.24. The number of nitrogens with one attached hydrogen (secondary N) is 1. The summed E-state index contributed by atoms with van der Waals surface area (Å²) in [6.07, 6.45) is 2.17. The van der Waals surface area contributed by atoms with Gasteiger partial charge in [-0.1, -0.05) is 6.92 Å². The SMILES string of the molecule is CC[C@H](N[S+]([O-])C(C)(C)C)c1ccnc(C(=O)O)c1. The molecule has 1 aromatic heterocycles. The zero-order valence-electron chi connectivity index (χ0n) is 11.6. The number of hydrogen-bond donors (Lipinski definition) is 2. The van der Waals surface area contributed by atoms with E-state index in [1.165, 1.54) is 12.3 Å². The molecule has 2 atom stereocenters. The Morgan fingerprint density at radius 1 is 1.58 bits per heavy atom. The van der Waals surface area contributed by atoms with Gasteiger partial charge in [0.15, 0.2) is 0 Å². The first kappa shape index (κ1) is 15.9. The minimum Gasteiger partial charge on any atom is -0.598 e. The van der Waals surface area contributed by atoms with Gasteiger partial charge in [0.05, 0.1) is 6.04 Å². The Kier molecular flexibility index (Phi) is 5.34. The third kappa shape index (κ3) is 4.49. The molecule has 106 valence electrons. The number of aromatic nitrogens is 1. The first-order chi connectivity index (χ1) is 8.75. The van der Waals surface area contributed by atoms with Crippen LogP contribution in [-0.2, 0) is 11.4 Å². The van der Waals surface area contributed by atoms with E-state index in [9.17, 15) is 9.35 Å². The van der Waals surface area contributed by atoms with Gasteiger partial charge in [0.25, 0.3) is 0 Å². The van der Waals surface area contributed by atoms with Crippen molar-refractivity contribution in [2.75, 3.05) is 0 Å². The standard InChI is InChI=1S/C13H20N2O3S/c1-5-10(15-19(18)13(2,3)4)9-6-7-14-11(8-9)12(16)17/h6-8,10,15H,5H2,1-4H3,(H,16,17)/t10-,19?/m0/s1. The van der Waals surface area contributed by atoms with E-state index in [1.807, 2.05) is 27.7 Å². The summed E-state index contributed by atoms with van der Waals surface area (Å²) in [5.41, 5.74) is 0.784. The zero-order valence-corrected chi connectivity index (χ0v) is 12.5. The van der Waals surface area contributed by atoms with Gasteiger partial charge in [-0.2, -0.15) is 0 Å². The minimum atomic E-state index is -1.20. The molecule has 0 saturated carbocycles. The van der Waals surface area contributed by atoms with E-state index in [0.29, 0.717) is 6.42 Å². The van der Waals surface area contributed by atoms with E-state index in [1.54, 1.807) is 6.07 Å². The van der Waals surface area contributed by atoms with Crippen molar-refractivity contribution < 1.29 is 14.5 Å². The lowest BCUT2D eigenvalue weighted by molar-refractivity contribution is 0.0690. The Bertz CT molecular complexity index is 446. The molecule has 6 heteroatoms. The predicted molar refractivity (Wildman–Crippen MR) is 75.3 cm³/mol. The molecule has 0 saturated heterocycles. The maximum absolute atomic E-state index is 12.1. The average molecular weight is 284 g/mol. The lowest BCUT2D eigenvalue weighted by atomic mass is 10.1. The molecule has 5 nitrogen and oxygen atoms in total. The first-order valence-corrected chi connectivity index (χ1v) is 7.28. The molecule has 0 aliphatic carbocycles. The maximum atomic E-state index is 12.1. The number of rotatable bonds is 5. The number of carboxylic acids is 1. The Morgan fingerprint density at radius 3 is 2.68 bits per heavy atom. The van der Waals surface area contributed by atoms with E-state index < -0.39 is 17.3 Å². The van der Waals surface area contributed by atoms with Crippen LogP contribution in [0.1, 0.15) is 56.2 Å². The molecule has 0 spiro atoms. The monoisotopic (exact) mass is 284 g/mol. The molecule has 0 bridgehead atoms. The fourth-order valence-corrected chi connectivity index (χ4v) is 2.39. The highest BCUT2D eigenvalue weighted by atomic mass is 32.2.